The highest BCUT2D eigenvalue weighted by atomic mass is 127. The Hall–Kier alpha value is -0.460. The van der Waals surface area contributed by atoms with Crippen LogP contribution in [0.1, 0.15) is 10.4 Å². The van der Waals surface area contributed by atoms with Gasteiger partial charge < -0.3 is 4.90 Å². The molecule has 1 rings (SSSR count). The second kappa shape index (κ2) is 7.08. The summed E-state index contributed by atoms with van der Waals surface area (Å²) in [6.45, 7) is 2.36. The summed E-state index contributed by atoms with van der Waals surface area (Å²) >= 11 is 2.24. The Balaban J connectivity index is 2.46. The van der Waals surface area contributed by atoms with Crippen LogP contribution in [0.15, 0.2) is 24.3 Å². The van der Waals surface area contributed by atoms with E-state index in [2.05, 4.69) is 32.4 Å². The molecule has 0 spiro atoms. The summed E-state index contributed by atoms with van der Waals surface area (Å²) in [6.07, 6.45) is 0. The molecule has 0 amide bonds. The highest BCUT2D eigenvalue weighted by Gasteiger charge is 2.09. The Kier molecular flexibility index (Phi) is 6.08. The molecule has 94 valence electrons. The van der Waals surface area contributed by atoms with Crippen molar-refractivity contribution in [2.45, 2.75) is 0 Å². The zero-order valence-electron chi connectivity index (χ0n) is 10.6. The molecule has 0 fully saturated rings. The predicted molar refractivity (Wildman–Crippen MR) is 79.5 cm³/mol. The quantitative estimate of drug-likeness (QED) is 0.581. The van der Waals surface area contributed by atoms with Crippen molar-refractivity contribution in [2.75, 3.05) is 40.8 Å². The van der Waals surface area contributed by atoms with Crippen LogP contribution in [-0.2, 0) is 0 Å². The van der Waals surface area contributed by atoms with E-state index in [0.29, 0.717) is 6.54 Å². The molecular formula is C13H19IN2O. The first-order valence-corrected chi connectivity index (χ1v) is 6.69. The maximum absolute atomic E-state index is 12.0. The van der Waals surface area contributed by atoms with Gasteiger partial charge in [0.2, 0.25) is 0 Å². The first kappa shape index (κ1) is 14.6. The van der Waals surface area contributed by atoms with Crippen molar-refractivity contribution in [2.24, 2.45) is 0 Å². The second-order valence-electron chi connectivity index (χ2n) is 4.47. The van der Waals surface area contributed by atoms with E-state index in [-0.39, 0.29) is 5.78 Å². The zero-order chi connectivity index (χ0) is 12.8. The molecule has 0 atom stereocenters. The number of likely N-dealkylation sites (N-methyl/N-ethyl adjacent to an activating group) is 2. The summed E-state index contributed by atoms with van der Waals surface area (Å²) in [6, 6.07) is 7.72. The molecule has 0 saturated heterocycles. The number of carbonyl (C=O) groups excluding carboxylic acids is 1. The van der Waals surface area contributed by atoms with Crippen molar-refractivity contribution in [1.82, 2.24) is 9.80 Å². The van der Waals surface area contributed by atoms with Gasteiger partial charge in [-0.05, 0) is 55.9 Å². The normalized spacial score (nSPS) is 11.2. The molecule has 17 heavy (non-hydrogen) atoms. The second-order valence-corrected chi connectivity index (χ2v) is 5.72. The minimum Gasteiger partial charge on any atom is -0.308 e. The van der Waals surface area contributed by atoms with Crippen LogP contribution < -0.4 is 0 Å². The van der Waals surface area contributed by atoms with Gasteiger partial charge in [0.05, 0.1) is 6.54 Å². The molecule has 1 aromatic rings. The number of benzene rings is 1. The van der Waals surface area contributed by atoms with Crippen LogP contribution in [0.5, 0.6) is 0 Å². The SMILES string of the molecule is CN(C)CCN(C)CC(=O)c1ccc(I)cc1. The third-order valence-corrected chi connectivity index (χ3v) is 3.23. The summed E-state index contributed by atoms with van der Waals surface area (Å²) in [5.74, 6) is 0.183. The molecule has 0 bridgehead atoms. The number of nitrogens with zero attached hydrogens (tertiary/aromatic N) is 2. The van der Waals surface area contributed by atoms with Crippen molar-refractivity contribution in [3.63, 3.8) is 0 Å². The number of hydrogen-bond donors (Lipinski definition) is 0. The van der Waals surface area contributed by atoms with Gasteiger partial charge in [-0.3, -0.25) is 9.69 Å². The number of Topliss-reactive ketones (excluding diaryl/α,β-unsaturated/α-hetero) is 1. The van der Waals surface area contributed by atoms with Gasteiger partial charge in [-0.1, -0.05) is 12.1 Å². The van der Waals surface area contributed by atoms with Gasteiger partial charge in [0.1, 0.15) is 0 Å². The van der Waals surface area contributed by atoms with Crippen molar-refractivity contribution in [3.05, 3.63) is 33.4 Å². The summed E-state index contributed by atoms with van der Waals surface area (Å²) < 4.78 is 1.15. The van der Waals surface area contributed by atoms with Crippen molar-refractivity contribution >= 4 is 28.4 Å². The minimum atomic E-state index is 0.183. The summed E-state index contributed by atoms with van der Waals surface area (Å²) in [5.41, 5.74) is 0.794. The average Bonchev–Trinajstić information content (AvgIpc) is 2.27. The number of carbonyl (C=O) groups is 1. The Morgan fingerprint density at radius 2 is 1.71 bits per heavy atom. The van der Waals surface area contributed by atoms with Crippen LogP contribution in [0.25, 0.3) is 0 Å². The zero-order valence-corrected chi connectivity index (χ0v) is 12.8. The number of hydrogen-bond acceptors (Lipinski definition) is 3. The van der Waals surface area contributed by atoms with Crippen LogP contribution in [0.3, 0.4) is 0 Å². The van der Waals surface area contributed by atoms with Crippen LogP contribution in [0.2, 0.25) is 0 Å². The topological polar surface area (TPSA) is 23.6 Å². The van der Waals surface area contributed by atoms with E-state index in [9.17, 15) is 4.79 Å². The maximum Gasteiger partial charge on any atom is 0.176 e. The maximum atomic E-state index is 12.0. The highest BCUT2D eigenvalue weighted by Crippen LogP contribution is 2.07. The number of rotatable bonds is 6. The lowest BCUT2D eigenvalue weighted by molar-refractivity contribution is 0.0942. The molecule has 4 heteroatoms. The summed E-state index contributed by atoms with van der Waals surface area (Å²) in [7, 11) is 6.05. The Labute approximate surface area is 117 Å². The van der Waals surface area contributed by atoms with Crippen LogP contribution >= 0.6 is 22.6 Å². The Morgan fingerprint density at radius 3 is 2.24 bits per heavy atom. The molecule has 3 nitrogen and oxygen atoms in total. The van der Waals surface area contributed by atoms with E-state index >= 15 is 0 Å². The fourth-order valence-electron chi connectivity index (χ4n) is 1.42. The minimum absolute atomic E-state index is 0.183. The first-order valence-electron chi connectivity index (χ1n) is 5.61. The molecule has 0 aliphatic rings. The van der Waals surface area contributed by atoms with Gasteiger partial charge in [0, 0.05) is 22.2 Å². The van der Waals surface area contributed by atoms with Gasteiger partial charge in [0.25, 0.3) is 0 Å². The Morgan fingerprint density at radius 1 is 1.12 bits per heavy atom. The fourth-order valence-corrected chi connectivity index (χ4v) is 1.78. The van der Waals surface area contributed by atoms with E-state index in [4.69, 9.17) is 0 Å². The lowest BCUT2D eigenvalue weighted by atomic mass is 10.1. The highest BCUT2D eigenvalue weighted by molar-refractivity contribution is 14.1. The van der Waals surface area contributed by atoms with Gasteiger partial charge in [-0.15, -0.1) is 0 Å². The molecule has 0 saturated carbocycles. The molecule has 0 radical (unpaired) electrons. The lowest BCUT2D eigenvalue weighted by Gasteiger charge is -2.18. The average molecular weight is 346 g/mol. The van der Waals surface area contributed by atoms with Gasteiger partial charge >= 0.3 is 0 Å². The van der Waals surface area contributed by atoms with Crippen LogP contribution in [-0.4, -0.2) is 56.4 Å². The van der Waals surface area contributed by atoms with E-state index < -0.39 is 0 Å². The van der Waals surface area contributed by atoms with Crippen LogP contribution in [0.4, 0.5) is 0 Å². The van der Waals surface area contributed by atoms with E-state index in [1.807, 2.05) is 45.4 Å². The smallest absolute Gasteiger partial charge is 0.176 e. The lowest BCUT2D eigenvalue weighted by Crippen LogP contribution is -2.32. The van der Waals surface area contributed by atoms with Gasteiger partial charge in [0.15, 0.2) is 5.78 Å². The molecule has 0 heterocycles. The molecule has 0 N–H and O–H groups in total. The van der Waals surface area contributed by atoms with Gasteiger partial charge in [-0.2, -0.15) is 0 Å². The summed E-state index contributed by atoms with van der Waals surface area (Å²) in [4.78, 5) is 16.1. The monoisotopic (exact) mass is 346 g/mol. The number of halogens is 1. The third-order valence-electron chi connectivity index (χ3n) is 2.51. The molecule has 0 unspecified atom stereocenters. The fraction of sp³-hybridized carbons (Fsp3) is 0.462. The molecule has 1 aromatic carbocycles. The first-order chi connectivity index (χ1) is 7.99. The predicted octanol–water partition coefficient (Wildman–Crippen LogP) is 1.97. The molecule has 0 aliphatic heterocycles. The van der Waals surface area contributed by atoms with E-state index in [1.165, 1.54) is 0 Å². The van der Waals surface area contributed by atoms with Crippen molar-refractivity contribution in [3.8, 4) is 0 Å². The molecule has 0 aromatic heterocycles. The molecular weight excluding hydrogens is 327 g/mol. The standard InChI is InChI=1S/C13H19IN2O/c1-15(2)8-9-16(3)10-13(17)11-4-6-12(14)7-5-11/h4-7H,8-10H2,1-3H3. The van der Waals surface area contributed by atoms with Crippen molar-refractivity contribution in [1.29, 1.82) is 0 Å². The van der Waals surface area contributed by atoms with E-state index in [0.717, 1.165) is 22.2 Å². The van der Waals surface area contributed by atoms with Crippen molar-refractivity contribution < 1.29 is 4.79 Å². The third kappa shape index (κ3) is 5.61. The summed E-state index contributed by atoms with van der Waals surface area (Å²) in [5, 5.41) is 0. The van der Waals surface area contributed by atoms with E-state index in [1.54, 1.807) is 0 Å². The largest absolute Gasteiger partial charge is 0.308 e. The molecule has 0 aliphatic carbocycles. The Bertz CT molecular complexity index is 362. The number of ketones is 1. The van der Waals surface area contributed by atoms with Crippen LogP contribution in [0, 0.1) is 3.57 Å². The van der Waals surface area contributed by atoms with Gasteiger partial charge in [-0.25, -0.2) is 0 Å².